The Morgan fingerprint density at radius 2 is 2.22 bits per heavy atom. The lowest BCUT2D eigenvalue weighted by atomic mass is 10.0. The van der Waals surface area contributed by atoms with Crippen LogP contribution in [-0.2, 0) is 28.9 Å². The molecule has 0 saturated carbocycles. The van der Waals surface area contributed by atoms with Gasteiger partial charge in [-0.3, -0.25) is 14.7 Å². The highest BCUT2D eigenvalue weighted by molar-refractivity contribution is 5.85. The maximum absolute atomic E-state index is 12.5. The maximum atomic E-state index is 12.5. The SMILES string of the molecule is COC(=O)N1CCCCC1C(=O)NCc1cnc2c(c1)CCC2. The van der Waals surface area contributed by atoms with Gasteiger partial charge < -0.3 is 10.1 Å². The van der Waals surface area contributed by atoms with Crippen LogP contribution in [0, 0.1) is 0 Å². The quantitative estimate of drug-likeness (QED) is 0.923. The van der Waals surface area contributed by atoms with Gasteiger partial charge >= 0.3 is 6.09 Å². The van der Waals surface area contributed by atoms with Crippen molar-refractivity contribution in [1.82, 2.24) is 15.2 Å². The van der Waals surface area contributed by atoms with Gasteiger partial charge in [-0.05, 0) is 49.7 Å². The third-order valence-corrected chi connectivity index (χ3v) is 4.66. The molecule has 1 N–H and O–H groups in total. The van der Waals surface area contributed by atoms with Gasteiger partial charge in [0, 0.05) is 25.0 Å². The third kappa shape index (κ3) is 3.46. The van der Waals surface area contributed by atoms with Crippen molar-refractivity contribution in [1.29, 1.82) is 0 Å². The number of methoxy groups -OCH3 is 1. The lowest BCUT2D eigenvalue weighted by molar-refractivity contribution is -0.127. The minimum atomic E-state index is -0.432. The predicted molar refractivity (Wildman–Crippen MR) is 84.9 cm³/mol. The fraction of sp³-hybridized carbons (Fsp3) is 0.588. The number of nitrogens with zero attached hydrogens (tertiary/aromatic N) is 2. The Balaban J connectivity index is 1.60. The molecule has 1 atom stereocenters. The molecule has 6 nitrogen and oxygen atoms in total. The number of nitrogens with one attached hydrogen (secondary N) is 1. The predicted octanol–water partition coefficient (Wildman–Crippen LogP) is 1.81. The summed E-state index contributed by atoms with van der Waals surface area (Å²) >= 11 is 0. The molecule has 124 valence electrons. The summed E-state index contributed by atoms with van der Waals surface area (Å²) in [6.07, 6.45) is 7.24. The first-order valence-corrected chi connectivity index (χ1v) is 8.28. The van der Waals surface area contributed by atoms with Crippen LogP contribution in [0.2, 0.25) is 0 Å². The summed E-state index contributed by atoms with van der Waals surface area (Å²) in [7, 11) is 1.35. The van der Waals surface area contributed by atoms with Gasteiger partial charge in [-0.2, -0.15) is 0 Å². The van der Waals surface area contributed by atoms with E-state index in [1.54, 1.807) is 0 Å². The number of ether oxygens (including phenoxy) is 1. The zero-order valence-corrected chi connectivity index (χ0v) is 13.5. The van der Waals surface area contributed by atoms with Gasteiger partial charge in [-0.15, -0.1) is 0 Å². The topological polar surface area (TPSA) is 71.5 Å². The van der Waals surface area contributed by atoms with Crippen molar-refractivity contribution >= 4 is 12.0 Å². The molecule has 23 heavy (non-hydrogen) atoms. The molecule has 2 heterocycles. The molecule has 2 aliphatic rings. The van der Waals surface area contributed by atoms with Crippen LogP contribution in [0.4, 0.5) is 4.79 Å². The second-order valence-corrected chi connectivity index (χ2v) is 6.20. The van der Waals surface area contributed by atoms with Gasteiger partial charge in [0.1, 0.15) is 6.04 Å². The highest BCUT2D eigenvalue weighted by Crippen LogP contribution is 2.21. The zero-order chi connectivity index (χ0) is 16.2. The van der Waals surface area contributed by atoms with Crippen LogP contribution in [0.15, 0.2) is 12.3 Å². The van der Waals surface area contributed by atoms with Crippen LogP contribution in [0.1, 0.15) is 42.5 Å². The second kappa shape index (κ2) is 6.98. The average molecular weight is 317 g/mol. The van der Waals surface area contributed by atoms with E-state index >= 15 is 0 Å². The molecule has 1 unspecified atom stereocenters. The van der Waals surface area contributed by atoms with Gasteiger partial charge in [-0.25, -0.2) is 4.79 Å². The largest absolute Gasteiger partial charge is 0.453 e. The highest BCUT2D eigenvalue weighted by atomic mass is 16.5. The normalized spacial score (nSPS) is 20.0. The summed E-state index contributed by atoms with van der Waals surface area (Å²) in [5, 5.41) is 2.94. The number of amides is 2. The summed E-state index contributed by atoms with van der Waals surface area (Å²) in [5.41, 5.74) is 3.49. The van der Waals surface area contributed by atoms with Crippen LogP contribution in [0.3, 0.4) is 0 Å². The number of piperidine rings is 1. The standard InChI is InChI=1S/C17H23N3O3/c1-23-17(22)20-8-3-2-7-15(20)16(21)19-11-12-9-13-5-4-6-14(13)18-10-12/h9-10,15H,2-8,11H2,1H3,(H,19,21). The lowest BCUT2D eigenvalue weighted by Crippen LogP contribution is -2.51. The molecule has 1 aliphatic heterocycles. The van der Waals surface area contributed by atoms with E-state index < -0.39 is 12.1 Å². The summed E-state index contributed by atoms with van der Waals surface area (Å²) in [4.78, 5) is 30.3. The van der Waals surface area contributed by atoms with Crippen LogP contribution < -0.4 is 5.32 Å². The van der Waals surface area contributed by atoms with E-state index in [-0.39, 0.29) is 5.91 Å². The summed E-state index contributed by atoms with van der Waals surface area (Å²) in [6.45, 7) is 1.02. The molecular weight excluding hydrogens is 294 g/mol. The third-order valence-electron chi connectivity index (χ3n) is 4.66. The van der Waals surface area contributed by atoms with Crippen LogP contribution >= 0.6 is 0 Å². The van der Waals surface area contributed by atoms with E-state index in [2.05, 4.69) is 16.4 Å². The number of hydrogen-bond acceptors (Lipinski definition) is 4. The number of rotatable bonds is 3. The Morgan fingerprint density at radius 1 is 1.35 bits per heavy atom. The first kappa shape index (κ1) is 15.8. The van der Waals surface area contributed by atoms with Crippen LogP contribution in [0.5, 0.6) is 0 Å². The molecule has 0 spiro atoms. The van der Waals surface area contributed by atoms with Crippen LogP contribution in [0.25, 0.3) is 0 Å². The molecule has 1 aromatic rings. The molecule has 0 radical (unpaired) electrons. The molecule has 1 aromatic heterocycles. The van der Waals surface area contributed by atoms with E-state index in [1.165, 1.54) is 23.3 Å². The van der Waals surface area contributed by atoms with E-state index in [0.717, 1.165) is 37.7 Å². The minimum absolute atomic E-state index is 0.115. The number of fused-ring (bicyclic) bond motifs is 1. The van der Waals surface area contributed by atoms with Crippen molar-refractivity contribution in [2.75, 3.05) is 13.7 Å². The van der Waals surface area contributed by atoms with Gasteiger partial charge in [0.15, 0.2) is 0 Å². The Bertz CT molecular complexity index is 603. The van der Waals surface area contributed by atoms with Crippen molar-refractivity contribution < 1.29 is 14.3 Å². The molecule has 6 heteroatoms. The second-order valence-electron chi connectivity index (χ2n) is 6.20. The first-order valence-electron chi connectivity index (χ1n) is 8.28. The summed E-state index contributed by atoms with van der Waals surface area (Å²) in [5.74, 6) is -0.115. The fourth-order valence-corrected chi connectivity index (χ4v) is 3.42. The van der Waals surface area contributed by atoms with Gasteiger partial charge in [-0.1, -0.05) is 6.07 Å². The monoisotopic (exact) mass is 317 g/mol. The molecule has 0 aromatic carbocycles. The zero-order valence-electron chi connectivity index (χ0n) is 13.5. The van der Waals surface area contributed by atoms with Crippen molar-refractivity contribution in [3.63, 3.8) is 0 Å². The smallest absolute Gasteiger partial charge is 0.410 e. The number of aryl methyl sites for hydroxylation is 2. The van der Waals surface area contributed by atoms with Crippen molar-refractivity contribution in [3.8, 4) is 0 Å². The maximum Gasteiger partial charge on any atom is 0.410 e. The van der Waals surface area contributed by atoms with Gasteiger partial charge in [0.05, 0.1) is 7.11 Å². The van der Waals surface area contributed by atoms with Crippen LogP contribution in [-0.4, -0.2) is 41.6 Å². The molecule has 0 bridgehead atoms. The number of aromatic nitrogens is 1. The minimum Gasteiger partial charge on any atom is -0.453 e. The number of carbonyl (C=O) groups is 2. The van der Waals surface area contributed by atoms with Crippen molar-refractivity contribution in [2.45, 2.75) is 51.1 Å². The number of likely N-dealkylation sites (tertiary alicyclic amines) is 1. The molecule has 2 amide bonds. The van der Waals surface area contributed by atoms with E-state index in [9.17, 15) is 9.59 Å². The Labute approximate surface area is 136 Å². The van der Waals surface area contributed by atoms with Gasteiger partial charge in [0.25, 0.3) is 0 Å². The first-order chi connectivity index (χ1) is 11.2. The van der Waals surface area contributed by atoms with Crippen molar-refractivity contribution in [3.05, 3.63) is 29.1 Å². The Morgan fingerprint density at radius 3 is 3.04 bits per heavy atom. The average Bonchev–Trinajstić information content (AvgIpc) is 3.06. The van der Waals surface area contributed by atoms with Crippen molar-refractivity contribution in [2.24, 2.45) is 0 Å². The Kier molecular flexibility index (Phi) is 4.79. The fourth-order valence-electron chi connectivity index (χ4n) is 3.42. The summed E-state index contributed by atoms with van der Waals surface area (Å²) in [6, 6.07) is 1.70. The molecular formula is C17H23N3O3. The molecule has 1 aliphatic carbocycles. The van der Waals surface area contributed by atoms with E-state index in [0.29, 0.717) is 19.5 Å². The summed E-state index contributed by atoms with van der Waals surface area (Å²) < 4.78 is 4.78. The number of carbonyl (C=O) groups excluding carboxylic acids is 2. The van der Waals surface area contributed by atoms with Gasteiger partial charge in [0.2, 0.25) is 5.91 Å². The molecule has 3 rings (SSSR count). The number of pyridine rings is 1. The molecule has 1 saturated heterocycles. The lowest BCUT2D eigenvalue weighted by Gasteiger charge is -2.33. The van der Waals surface area contributed by atoms with E-state index in [4.69, 9.17) is 4.74 Å². The molecule has 1 fully saturated rings. The van der Waals surface area contributed by atoms with E-state index in [1.807, 2.05) is 6.20 Å². The Hall–Kier alpha value is -2.11. The highest BCUT2D eigenvalue weighted by Gasteiger charge is 2.32. The number of hydrogen-bond donors (Lipinski definition) is 1.